The van der Waals surface area contributed by atoms with Gasteiger partial charge in [-0.3, -0.25) is 4.79 Å². The fourth-order valence-corrected chi connectivity index (χ4v) is 4.43. The molecule has 2 heterocycles. The first kappa shape index (κ1) is 22.3. The van der Waals surface area contributed by atoms with E-state index in [4.69, 9.17) is 21.6 Å². The first-order valence-electron chi connectivity index (χ1n) is 11.2. The first-order chi connectivity index (χ1) is 16.4. The normalized spacial score (nSPS) is 14.0. The second kappa shape index (κ2) is 9.03. The Kier molecular flexibility index (Phi) is 5.92. The maximum Gasteiger partial charge on any atom is 0.254 e. The summed E-state index contributed by atoms with van der Waals surface area (Å²) in [5.74, 6) is 0.135. The van der Waals surface area contributed by atoms with E-state index in [0.717, 1.165) is 28.1 Å². The zero-order valence-corrected chi connectivity index (χ0v) is 19.8. The minimum Gasteiger partial charge on any atom is -0.351 e. The molecule has 172 valence electrons. The standard InChI is InChI=1S/C27H24ClFN4O/c1-17-14-23-24(15-18(17)2)31-26(25(30-23)19-6-4-3-5-7-19)32-10-12-33(13-11-32)27(34)20-8-9-22(29)21(28)16-20/h3-9,14-16H,10-13H2,1-2H3. The zero-order chi connectivity index (χ0) is 23.8. The highest BCUT2D eigenvalue weighted by Crippen LogP contribution is 2.31. The highest BCUT2D eigenvalue weighted by molar-refractivity contribution is 6.31. The lowest BCUT2D eigenvalue weighted by molar-refractivity contribution is 0.0746. The Balaban J connectivity index is 1.45. The smallest absolute Gasteiger partial charge is 0.254 e. The molecule has 0 radical (unpaired) electrons. The maximum atomic E-state index is 13.5. The van der Waals surface area contributed by atoms with Gasteiger partial charge in [-0.1, -0.05) is 41.9 Å². The van der Waals surface area contributed by atoms with Gasteiger partial charge in [-0.15, -0.1) is 0 Å². The summed E-state index contributed by atoms with van der Waals surface area (Å²) < 4.78 is 13.5. The van der Waals surface area contributed by atoms with Gasteiger partial charge in [0, 0.05) is 37.3 Å². The zero-order valence-electron chi connectivity index (χ0n) is 19.1. The van der Waals surface area contributed by atoms with Crippen molar-refractivity contribution in [1.29, 1.82) is 0 Å². The molecule has 1 amide bonds. The van der Waals surface area contributed by atoms with Crippen molar-refractivity contribution in [2.45, 2.75) is 13.8 Å². The van der Waals surface area contributed by atoms with E-state index in [9.17, 15) is 9.18 Å². The molecule has 34 heavy (non-hydrogen) atoms. The van der Waals surface area contributed by atoms with E-state index < -0.39 is 5.82 Å². The van der Waals surface area contributed by atoms with Crippen LogP contribution in [0.5, 0.6) is 0 Å². The SMILES string of the molecule is Cc1cc2nc(-c3ccccc3)c(N3CCN(C(=O)c4ccc(F)c(Cl)c4)CC3)nc2cc1C. The van der Waals surface area contributed by atoms with Crippen molar-refractivity contribution in [1.82, 2.24) is 14.9 Å². The fraction of sp³-hybridized carbons (Fsp3) is 0.222. The highest BCUT2D eigenvalue weighted by Gasteiger charge is 2.26. The van der Waals surface area contributed by atoms with Crippen molar-refractivity contribution < 1.29 is 9.18 Å². The van der Waals surface area contributed by atoms with E-state index in [1.165, 1.54) is 29.3 Å². The van der Waals surface area contributed by atoms with Gasteiger partial charge in [0.15, 0.2) is 5.82 Å². The summed E-state index contributed by atoms with van der Waals surface area (Å²) in [6.07, 6.45) is 0. The van der Waals surface area contributed by atoms with Crippen LogP contribution in [-0.2, 0) is 0 Å². The average Bonchev–Trinajstić information content (AvgIpc) is 2.86. The summed E-state index contributed by atoms with van der Waals surface area (Å²) in [6, 6.07) is 18.3. The molecule has 1 saturated heterocycles. The summed E-state index contributed by atoms with van der Waals surface area (Å²) in [7, 11) is 0. The summed E-state index contributed by atoms with van der Waals surface area (Å²) in [6.45, 7) is 6.44. The van der Waals surface area contributed by atoms with E-state index in [2.05, 4.69) is 30.9 Å². The third kappa shape index (κ3) is 4.21. The first-order valence-corrected chi connectivity index (χ1v) is 11.6. The molecule has 1 aromatic heterocycles. The van der Waals surface area contributed by atoms with Crippen LogP contribution in [0, 0.1) is 19.7 Å². The van der Waals surface area contributed by atoms with E-state index in [0.29, 0.717) is 31.7 Å². The molecule has 1 aliphatic heterocycles. The Morgan fingerprint density at radius 2 is 1.53 bits per heavy atom. The Labute approximate surface area is 202 Å². The lowest BCUT2D eigenvalue weighted by atomic mass is 10.1. The van der Waals surface area contributed by atoms with E-state index in [-0.39, 0.29) is 10.9 Å². The van der Waals surface area contributed by atoms with Gasteiger partial charge in [-0.25, -0.2) is 14.4 Å². The number of halogens is 2. The molecule has 7 heteroatoms. The van der Waals surface area contributed by atoms with Crippen LogP contribution in [-0.4, -0.2) is 47.0 Å². The van der Waals surface area contributed by atoms with Crippen molar-refractivity contribution in [3.05, 3.63) is 88.2 Å². The third-order valence-corrected chi connectivity index (χ3v) is 6.63. The summed E-state index contributed by atoms with van der Waals surface area (Å²) in [5.41, 5.74) is 6.31. The number of carbonyl (C=O) groups is 1. The topological polar surface area (TPSA) is 49.3 Å². The van der Waals surface area contributed by atoms with Crippen LogP contribution in [0.2, 0.25) is 5.02 Å². The van der Waals surface area contributed by atoms with Gasteiger partial charge in [-0.2, -0.15) is 0 Å². The summed E-state index contributed by atoms with van der Waals surface area (Å²) in [4.78, 5) is 26.9. The van der Waals surface area contributed by atoms with Crippen molar-refractivity contribution >= 4 is 34.4 Å². The molecule has 0 N–H and O–H groups in total. The number of carbonyl (C=O) groups excluding carboxylic acids is 1. The van der Waals surface area contributed by atoms with E-state index in [1.807, 2.05) is 30.3 Å². The molecule has 0 spiro atoms. The van der Waals surface area contributed by atoms with Gasteiger partial charge in [0.25, 0.3) is 5.91 Å². The molecule has 0 aliphatic carbocycles. The van der Waals surface area contributed by atoms with Crippen LogP contribution in [0.25, 0.3) is 22.3 Å². The molecule has 0 bridgehead atoms. The van der Waals surface area contributed by atoms with Crippen molar-refractivity contribution in [2.75, 3.05) is 31.1 Å². The predicted molar refractivity (Wildman–Crippen MR) is 134 cm³/mol. The largest absolute Gasteiger partial charge is 0.351 e. The number of hydrogen-bond donors (Lipinski definition) is 0. The lowest BCUT2D eigenvalue weighted by Gasteiger charge is -2.36. The predicted octanol–water partition coefficient (Wildman–Crippen LogP) is 5.67. The molecule has 4 aromatic rings. The minimum absolute atomic E-state index is 0.0473. The van der Waals surface area contributed by atoms with Crippen molar-refractivity contribution in [2.24, 2.45) is 0 Å². The molecule has 0 atom stereocenters. The molecule has 3 aromatic carbocycles. The number of piperazine rings is 1. The fourth-order valence-electron chi connectivity index (χ4n) is 4.25. The number of rotatable bonds is 3. The molecule has 0 saturated carbocycles. The Morgan fingerprint density at radius 1 is 0.882 bits per heavy atom. The quantitative estimate of drug-likeness (QED) is 0.384. The second-order valence-corrected chi connectivity index (χ2v) is 9.00. The van der Waals surface area contributed by atoms with Crippen LogP contribution in [0.4, 0.5) is 10.2 Å². The number of amides is 1. The van der Waals surface area contributed by atoms with E-state index in [1.54, 1.807) is 4.90 Å². The number of benzene rings is 3. The number of nitrogens with zero attached hydrogens (tertiary/aromatic N) is 4. The van der Waals surface area contributed by atoms with E-state index >= 15 is 0 Å². The maximum absolute atomic E-state index is 13.5. The highest BCUT2D eigenvalue weighted by atomic mass is 35.5. The number of aryl methyl sites for hydroxylation is 2. The summed E-state index contributed by atoms with van der Waals surface area (Å²) >= 11 is 5.88. The lowest BCUT2D eigenvalue weighted by Crippen LogP contribution is -2.49. The van der Waals surface area contributed by atoms with Crippen molar-refractivity contribution in [3.8, 4) is 11.3 Å². The number of hydrogen-bond acceptors (Lipinski definition) is 4. The summed E-state index contributed by atoms with van der Waals surface area (Å²) in [5, 5.41) is -0.0473. The molecule has 1 fully saturated rings. The van der Waals surface area contributed by atoms with Crippen LogP contribution >= 0.6 is 11.6 Å². The van der Waals surface area contributed by atoms with Crippen LogP contribution in [0.15, 0.2) is 60.7 Å². The number of anilines is 1. The molecular formula is C27H24ClFN4O. The Morgan fingerprint density at radius 3 is 2.18 bits per heavy atom. The van der Waals surface area contributed by atoms with Gasteiger partial charge in [0.1, 0.15) is 11.5 Å². The Hall–Kier alpha value is -3.51. The van der Waals surface area contributed by atoms with Gasteiger partial charge >= 0.3 is 0 Å². The molecular weight excluding hydrogens is 451 g/mol. The second-order valence-electron chi connectivity index (χ2n) is 8.60. The average molecular weight is 475 g/mol. The van der Waals surface area contributed by atoms with Gasteiger partial charge in [-0.05, 0) is 55.3 Å². The monoisotopic (exact) mass is 474 g/mol. The van der Waals surface area contributed by atoms with Crippen molar-refractivity contribution in [3.63, 3.8) is 0 Å². The van der Waals surface area contributed by atoms with Crippen LogP contribution in [0.1, 0.15) is 21.5 Å². The molecule has 0 unspecified atom stereocenters. The molecule has 5 rings (SSSR count). The molecule has 5 nitrogen and oxygen atoms in total. The molecule has 1 aliphatic rings. The van der Waals surface area contributed by atoms with Gasteiger partial charge < -0.3 is 9.80 Å². The van der Waals surface area contributed by atoms with Gasteiger partial charge in [0.05, 0.1) is 16.1 Å². The minimum atomic E-state index is -0.531. The number of aromatic nitrogens is 2. The third-order valence-electron chi connectivity index (χ3n) is 6.34. The van der Waals surface area contributed by atoms with Crippen LogP contribution < -0.4 is 4.90 Å². The van der Waals surface area contributed by atoms with Crippen LogP contribution in [0.3, 0.4) is 0 Å². The van der Waals surface area contributed by atoms with Gasteiger partial charge in [0.2, 0.25) is 0 Å². The number of fused-ring (bicyclic) bond motifs is 1. The Bertz CT molecular complexity index is 1380.